The zero-order valence-electron chi connectivity index (χ0n) is 8.62. The standard InChI is InChI=1S/C6H4N2O.C5H11N/c7-4-5-2-1-3-6(9)8-5;1-2-4-6-5-3-1/h1-3H,(H,8,9);6H,1-5H2. The monoisotopic (exact) mass is 205 g/mol. The molecule has 0 saturated carbocycles. The third kappa shape index (κ3) is 4.99. The van der Waals surface area contributed by atoms with Crippen molar-refractivity contribution in [2.24, 2.45) is 0 Å². The van der Waals surface area contributed by atoms with E-state index in [1.165, 1.54) is 44.5 Å². The number of H-pyrrole nitrogens is 1. The molecule has 1 aliphatic heterocycles. The van der Waals surface area contributed by atoms with Crippen LogP contribution < -0.4 is 10.9 Å². The minimum Gasteiger partial charge on any atom is -0.317 e. The van der Waals surface area contributed by atoms with Crippen molar-refractivity contribution in [2.75, 3.05) is 13.1 Å². The fourth-order valence-electron chi connectivity index (χ4n) is 1.31. The average Bonchev–Trinajstić information content (AvgIpc) is 2.32. The number of aromatic amines is 1. The van der Waals surface area contributed by atoms with Gasteiger partial charge in [0.2, 0.25) is 5.56 Å². The van der Waals surface area contributed by atoms with Gasteiger partial charge in [-0.2, -0.15) is 5.26 Å². The Labute approximate surface area is 88.9 Å². The number of nitrogens with zero attached hydrogens (tertiary/aromatic N) is 1. The lowest BCUT2D eigenvalue weighted by Gasteiger charge is -2.08. The summed E-state index contributed by atoms with van der Waals surface area (Å²) in [5.41, 5.74) is 0.0524. The highest BCUT2D eigenvalue weighted by Crippen LogP contribution is 1.96. The number of rotatable bonds is 0. The van der Waals surface area contributed by atoms with Crippen LogP contribution in [0.4, 0.5) is 0 Å². The number of aromatic nitrogens is 1. The Morgan fingerprint density at radius 2 is 1.93 bits per heavy atom. The molecular formula is C11H15N3O. The summed E-state index contributed by atoms with van der Waals surface area (Å²) in [4.78, 5) is 12.8. The highest BCUT2D eigenvalue weighted by Gasteiger charge is 1.93. The molecule has 15 heavy (non-hydrogen) atoms. The number of nitrogens with one attached hydrogen (secondary N) is 2. The molecule has 1 aliphatic rings. The first-order valence-electron chi connectivity index (χ1n) is 5.13. The van der Waals surface area contributed by atoms with E-state index in [2.05, 4.69) is 10.3 Å². The van der Waals surface area contributed by atoms with Gasteiger partial charge in [-0.25, -0.2) is 0 Å². The predicted octanol–water partition coefficient (Wildman–Crippen LogP) is 1.01. The van der Waals surface area contributed by atoms with E-state index in [0.29, 0.717) is 5.69 Å². The van der Waals surface area contributed by atoms with Gasteiger partial charge in [-0.3, -0.25) is 4.79 Å². The van der Waals surface area contributed by atoms with E-state index in [1.807, 2.05) is 6.07 Å². The van der Waals surface area contributed by atoms with E-state index in [4.69, 9.17) is 5.26 Å². The van der Waals surface area contributed by atoms with Crippen molar-refractivity contribution in [3.05, 3.63) is 34.2 Å². The molecule has 80 valence electrons. The van der Waals surface area contributed by atoms with Crippen molar-refractivity contribution in [3.8, 4) is 6.07 Å². The molecule has 4 nitrogen and oxygen atoms in total. The number of nitriles is 1. The van der Waals surface area contributed by atoms with Gasteiger partial charge in [-0.1, -0.05) is 12.5 Å². The van der Waals surface area contributed by atoms with Gasteiger partial charge in [0.05, 0.1) is 0 Å². The fourth-order valence-corrected chi connectivity index (χ4v) is 1.31. The molecule has 2 rings (SSSR count). The molecule has 2 heterocycles. The Bertz CT molecular complexity index is 362. The van der Waals surface area contributed by atoms with Crippen molar-refractivity contribution in [3.63, 3.8) is 0 Å². The molecule has 1 aromatic rings. The van der Waals surface area contributed by atoms with Crippen molar-refractivity contribution in [1.29, 1.82) is 5.26 Å². The van der Waals surface area contributed by atoms with Crippen LogP contribution in [0.25, 0.3) is 0 Å². The largest absolute Gasteiger partial charge is 0.317 e. The summed E-state index contributed by atoms with van der Waals surface area (Å²) < 4.78 is 0. The summed E-state index contributed by atoms with van der Waals surface area (Å²) in [6, 6.07) is 6.26. The zero-order valence-corrected chi connectivity index (χ0v) is 8.62. The maximum atomic E-state index is 10.4. The maximum Gasteiger partial charge on any atom is 0.248 e. The fraction of sp³-hybridized carbons (Fsp3) is 0.455. The Morgan fingerprint density at radius 1 is 1.20 bits per heavy atom. The summed E-state index contributed by atoms with van der Waals surface area (Å²) in [5, 5.41) is 11.5. The van der Waals surface area contributed by atoms with Gasteiger partial charge in [0.15, 0.2) is 0 Å². The highest BCUT2D eigenvalue weighted by molar-refractivity contribution is 5.18. The van der Waals surface area contributed by atoms with Gasteiger partial charge >= 0.3 is 0 Å². The van der Waals surface area contributed by atoms with E-state index in [9.17, 15) is 4.79 Å². The molecule has 0 unspecified atom stereocenters. The predicted molar refractivity (Wildman–Crippen MR) is 58.5 cm³/mol. The van der Waals surface area contributed by atoms with Crippen LogP contribution in [0.1, 0.15) is 25.0 Å². The molecule has 0 radical (unpaired) electrons. The Kier molecular flexibility index (Phi) is 5.20. The number of hydrogen-bond acceptors (Lipinski definition) is 3. The van der Waals surface area contributed by atoms with Crippen molar-refractivity contribution >= 4 is 0 Å². The Morgan fingerprint density at radius 3 is 2.27 bits per heavy atom. The van der Waals surface area contributed by atoms with E-state index in [1.54, 1.807) is 6.07 Å². The summed E-state index contributed by atoms with van der Waals surface area (Å²) in [5.74, 6) is 0. The van der Waals surface area contributed by atoms with Crippen molar-refractivity contribution in [2.45, 2.75) is 19.3 Å². The minimum absolute atomic E-state index is 0.242. The minimum atomic E-state index is -0.242. The van der Waals surface area contributed by atoms with Crippen LogP contribution in [0.5, 0.6) is 0 Å². The molecule has 0 spiro atoms. The van der Waals surface area contributed by atoms with E-state index in [0.717, 1.165) is 0 Å². The van der Waals surface area contributed by atoms with Gasteiger partial charge < -0.3 is 10.3 Å². The molecule has 0 atom stereocenters. The van der Waals surface area contributed by atoms with Crippen molar-refractivity contribution in [1.82, 2.24) is 10.3 Å². The van der Waals surface area contributed by atoms with Crippen LogP contribution in [-0.4, -0.2) is 18.1 Å². The van der Waals surface area contributed by atoms with Gasteiger partial charge in [0.25, 0.3) is 0 Å². The van der Waals surface area contributed by atoms with Crippen LogP contribution in [0.15, 0.2) is 23.0 Å². The van der Waals surface area contributed by atoms with Crippen LogP contribution in [0, 0.1) is 11.3 Å². The molecular weight excluding hydrogens is 190 g/mol. The third-order valence-corrected chi connectivity index (χ3v) is 2.10. The van der Waals surface area contributed by atoms with Crippen LogP contribution >= 0.6 is 0 Å². The van der Waals surface area contributed by atoms with Crippen LogP contribution in [0.3, 0.4) is 0 Å². The number of pyridine rings is 1. The van der Waals surface area contributed by atoms with Crippen LogP contribution in [-0.2, 0) is 0 Å². The van der Waals surface area contributed by atoms with Gasteiger partial charge in [-0.05, 0) is 32.0 Å². The molecule has 0 aliphatic carbocycles. The quantitative estimate of drug-likeness (QED) is 0.664. The van der Waals surface area contributed by atoms with Gasteiger partial charge in [-0.15, -0.1) is 0 Å². The average molecular weight is 205 g/mol. The lowest BCUT2D eigenvalue weighted by atomic mass is 10.2. The molecule has 1 fully saturated rings. The summed E-state index contributed by atoms with van der Waals surface area (Å²) in [6.45, 7) is 2.50. The lowest BCUT2D eigenvalue weighted by molar-refractivity contribution is 0.520. The smallest absolute Gasteiger partial charge is 0.248 e. The molecule has 1 aromatic heterocycles. The first-order valence-corrected chi connectivity index (χ1v) is 5.13. The second kappa shape index (κ2) is 6.80. The normalized spacial score (nSPS) is 14.6. The summed E-state index contributed by atoms with van der Waals surface area (Å²) in [6.07, 6.45) is 4.22. The topological polar surface area (TPSA) is 68.7 Å². The Balaban J connectivity index is 0.000000162. The Hall–Kier alpha value is -1.60. The SMILES string of the molecule is C1CCNCC1.N#Cc1cccc(=O)[nH]1. The first kappa shape index (κ1) is 11.5. The second-order valence-corrected chi connectivity index (χ2v) is 3.35. The molecule has 1 saturated heterocycles. The molecule has 4 heteroatoms. The van der Waals surface area contributed by atoms with Gasteiger partial charge in [0, 0.05) is 6.07 Å². The van der Waals surface area contributed by atoms with Crippen LogP contribution in [0.2, 0.25) is 0 Å². The van der Waals surface area contributed by atoms with E-state index >= 15 is 0 Å². The second-order valence-electron chi connectivity index (χ2n) is 3.35. The van der Waals surface area contributed by atoms with E-state index < -0.39 is 0 Å². The van der Waals surface area contributed by atoms with E-state index in [-0.39, 0.29) is 5.56 Å². The zero-order chi connectivity index (χ0) is 10.9. The highest BCUT2D eigenvalue weighted by atomic mass is 16.1. The maximum absolute atomic E-state index is 10.4. The lowest BCUT2D eigenvalue weighted by Crippen LogP contribution is -2.21. The van der Waals surface area contributed by atoms with Crippen molar-refractivity contribution < 1.29 is 0 Å². The molecule has 0 aromatic carbocycles. The first-order chi connectivity index (χ1) is 7.33. The summed E-state index contributed by atoms with van der Waals surface area (Å²) >= 11 is 0. The summed E-state index contributed by atoms with van der Waals surface area (Å²) in [7, 11) is 0. The third-order valence-electron chi connectivity index (χ3n) is 2.10. The molecule has 2 N–H and O–H groups in total. The molecule has 0 bridgehead atoms. The number of hydrogen-bond donors (Lipinski definition) is 2. The molecule has 0 amide bonds. The number of piperidine rings is 1. The van der Waals surface area contributed by atoms with Gasteiger partial charge in [0.1, 0.15) is 11.8 Å².